The van der Waals surface area contributed by atoms with Crippen molar-refractivity contribution in [2.24, 2.45) is 5.92 Å². The predicted molar refractivity (Wildman–Crippen MR) is 99.0 cm³/mol. The zero-order valence-corrected chi connectivity index (χ0v) is 16.0. The third kappa shape index (κ3) is 7.09. The Morgan fingerprint density at radius 2 is 2.00 bits per heavy atom. The summed E-state index contributed by atoms with van der Waals surface area (Å²) in [6, 6.07) is 3.83. The van der Waals surface area contributed by atoms with Crippen LogP contribution < -0.4 is 10.0 Å². The van der Waals surface area contributed by atoms with E-state index in [0.717, 1.165) is 37.5 Å². The van der Waals surface area contributed by atoms with Crippen LogP contribution in [0, 0.1) is 5.92 Å². The van der Waals surface area contributed by atoms with Gasteiger partial charge in [-0.3, -0.25) is 9.59 Å². The van der Waals surface area contributed by atoms with Crippen LogP contribution >= 0.6 is 0 Å². The van der Waals surface area contributed by atoms with E-state index < -0.39 is 10.0 Å². The van der Waals surface area contributed by atoms with Crippen LogP contribution in [0.3, 0.4) is 0 Å². The lowest BCUT2D eigenvalue weighted by Crippen LogP contribution is -2.43. The number of sulfonamides is 1. The maximum absolute atomic E-state index is 12.0. The third-order valence-corrected chi connectivity index (χ3v) is 5.09. The number of pyridine rings is 1. The van der Waals surface area contributed by atoms with Crippen molar-refractivity contribution in [1.82, 2.24) is 14.6 Å². The average molecular weight is 382 g/mol. The van der Waals surface area contributed by atoms with Gasteiger partial charge in [-0.25, -0.2) is 18.1 Å². The van der Waals surface area contributed by atoms with Gasteiger partial charge in [-0.1, -0.05) is 0 Å². The Morgan fingerprint density at radius 1 is 1.31 bits per heavy atom. The van der Waals surface area contributed by atoms with E-state index in [1.807, 2.05) is 12.1 Å². The van der Waals surface area contributed by atoms with Crippen molar-refractivity contribution in [3.05, 3.63) is 23.9 Å². The zero-order valence-electron chi connectivity index (χ0n) is 15.2. The fourth-order valence-electron chi connectivity index (χ4n) is 3.02. The number of carbonyl (C=O) groups excluding carboxylic acids is 2. The predicted octanol–water partition coefficient (Wildman–Crippen LogP) is 0.760. The largest absolute Gasteiger partial charge is 0.342 e. The molecule has 9 heteroatoms. The summed E-state index contributed by atoms with van der Waals surface area (Å²) in [5.41, 5.74) is 1.12. The minimum Gasteiger partial charge on any atom is -0.342 e. The molecule has 1 aliphatic heterocycles. The van der Waals surface area contributed by atoms with Gasteiger partial charge in [-0.05, 0) is 49.3 Å². The minimum absolute atomic E-state index is 0.142. The van der Waals surface area contributed by atoms with Gasteiger partial charge in [0.15, 0.2) is 0 Å². The second kappa shape index (κ2) is 9.09. The molecule has 26 heavy (non-hydrogen) atoms. The molecule has 0 bridgehead atoms. The Labute approximate surface area is 154 Å². The molecule has 0 saturated carbocycles. The number of rotatable bonds is 7. The first kappa shape index (κ1) is 20.3. The summed E-state index contributed by atoms with van der Waals surface area (Å²) in [7, 11) is -3.35. The van der Waals surface area contributed by atoms with Crippen molar-refractivity contribution in [3.63, 3.8) is 0 Å². The summed E-state index contributed by atoms with van der Waals surface area (Å²) in [5, 5.41) is 2.68. The first-order valence-electron chi connectivity index (χ1n) is 8.68. The fraction of sp³-hybridized carbons (Fsp3) is 0.588. The van der Waals surface area contributed by atoms with Gasteiger partial charge in [-0.15, -0.1) is 0 Å². The monoisotopic (exact) mass is 382 g/mol. The number of nitrogens with zero attached hydrogens (tertiary/aromatic N) is 2. The molecule has 0 atom stereocenters. The Kier molecular flexibility index (Phi) is 7.10. The summed E-state index contributed by atoms with van der Waals surface area (Å²) in [4.78, 5) is 28.9. The van der Waals surface area contributed by atoms with Crippen LogP contribution in [0.4, 0.5) is 5.82 Å². The van der Waals surface area contributed by atoms with E-state index >= 15 is 0 Å². The van der Waals surface area contributed by atoms with Crippen LogP contribution in [0.15, 0.2) is 18.3 Å². The topological polar surface area (TPSA) is 108 Å². The lowest BCUT2D eigenvalue weighted by atomic mass is 9.90. The molecule has 0 spiro atoms. The highest BCUT2D eigenvalue weighted by atomic mass is 32.2. The van der Waals surface area contributed by atoms with Crippen LogP contribution in [0.2, 0.25) is 0 Å². The summed E-state index contributed by atoms with van der Waals surface area (Å²) < 4.78 is 24.4. The Morgan fingerprint density at radius 3 is 2.62 bits per heavy atom. The van der Waals surface area contributed by atoms with E-state index in [1.165, 1.54) is 6.92 Å². The van der Waals surface area contributed by atoms with Gasteiger partial charge in [0.2, 0.25) is 21.8 Å². The molecule has 1 aliphatic rings. The molecule has 2 heterocycles. The molecule has 2 rings (SSSR count). The number of aromatic nitrogens is 1. The number of aryl methyl sites for hydroxylation is 1. The van der Waals surface area contributed by atoms with E-state index in [2.05, 4.69) is 15.0 Å². The van der Waals surface area contributed by atoms with Crippen molar-refractivity contribution < 1.29 is 18.0 Å². The highest BCUT2D eigenvalue weighted by Gasteiger charge is 2.23. The highest BCUT2D eigenvalue weighted by molar-refractivity contribution is 7.88. The van der Waals surface area contributed by atoms with E-state index in [9.17, 15) is 18.0 Å². The van der Waals surface area contributed by atoms with Crippen LogP contribution in [0.5, 0.6) is 0 Å². The number of likely N-dealkylation sites (tertiary alicyclic amines) is 1. The number of nitrogens with one attached hydrogen (secondary N) is 2. The van der Waals surface area contributed by atoms with E-state index in [0.29, 0.717) is 24.8 Å². The normalized spacial score (nSPS) is 15.7. The molecule has 1 saturated heterocycles. The molecule has 0 aromatic carbocycles. The van der Waals surface area contributed by atoms with Gasteiger partial charge in [-0.2, -0.15) is 0 Å². The molecule has 144 valence electrons. The lowest BCUT2D eigenvalue weighted by Gasteiger charge is -2.32. The van der Waals surface area contributed by atoms with Gasteiger partial charge in [0.25, 0.3) is 0 Å². The molecule has 8 nitrogen and oxygen atoms in total. The van der Waals surface area contributed by atoms with Crippen LogP contribution in [0.1, 0.15) is 31.7 Å². The fourth-order valence-corrected chi connectivity index (χ4v) is 3.41. The molecule has 0 aliphatic carbocycles. The second-order valence-electron chi connectivity index (χ2n) is 6.69. The molecule has 0 unspecified atom stereocenters. The standard InChI is InChI=1S/C17H26N4O4S/c1-13(22)20-16-11-15(5-8-18-16)4-3-14-6-9-21(10-7-14)17(23)12-19-26(2,24)25/h5,8,11,14,19H,3-4,6-7,9-10,12H2,1-2H3,(H,18,20,22). The van der Waals surface area contributed by atoms with Gasteiger partial charge >= 0.3 is 0 Å². The smallest absolute Gasteiger partial charge is 0.237 e. The van der Waals surface area contributed by atoms with Crippen LogP contribution in [0.25, 0.3) is 0 Å². The number of anilines is 1. The molecular formula is C17H26N4O4S. The molecule has 1 aromatic rings. The Balaban J connectivity index is 1.75. The average Bonchev–Trinajstić information content (AvgIpc) is 2.57. The van der Waals surface area contributed by atoms with Gasteiger partial charge in [0.1, 0.15) is 5.82 Å². The van der Waals surface area contributed by atoms with Crippen molar-refractivity contribution in [2.45, 2.75) is 32.6 Å². The summed E-state index contributed by atoms with van der Waals surface area (Å²) >= 11 is 0. The number of hydrogen-bond acceptors (Lipinski definition) is 5. The first-order chi connectivity index (χ1) is 12.2. The lowest BCUT2D eigenvalue weighted by molar-refractivity contribution is -0.131. The summed E-state index contributed by atoms with van der Waals surface area (Å²) in [6.45, 7) is 2.59. The highest BCUT2D eigenvalue weighted by Crippen LogP contribution is 2.23. The zero-order chi connectivity index (χ0) is 19.2. The third-order valence-electron chi connectivity index (χ3n) is 4.42. The van der Waals surface area contributed by atoms with Crippen molar-refractivity contribution in [2.75, 3.05) is 31.2 Å². The van der Waals surface area contributed by atoms with Crippen molar-refractivity contribution >= 4 is 27.7 Å². The molecule has 1 fully saturated rings. The van der Waals surface area contributed by atoms with Crippen molar-refractivity contribution in [3.8, 4) is 0 Å². The summed E-state index contributed by atoms with van der Waals surface area (Å²) in [6.07, 6.45) is 6.46. The Bertz CT molecular complexity index is 743. The SMILES string of the molecule is CC(=O)Nc1cc(CCC2CCN(C(=O)CNS(C)(=O)=O)CC2)ccn1. The maximum atomic E-state index is 12.0. The minimum atomic E-state index is -3.35. The van der Waals surface area contributed by atoms with Crippen LogP contribution in [-0.4, -0.2) is 56.0 Å². The second-order valence-corrected chi connectivity index (χ2v) is 8.52. The van der Waals surface area contributed by atoms with Gasteiger partial charge in [0.05, 0.1) is 12.8 Å². The van der Waals surface area contributed by atoms with E-state index in [4.69, 9.17) is 0 Å². The van der Waals surface area contributed by atoms with E-state index in [-0.39, 0.29) is 18.4 Å². The molecule has 1 aromatic heterocycles. The quantitative estimate of drug-likeness (QED) is 0.724. The van der Waals surface area contributed by atoms with E-state index in [1.54, 1.807) is 11.1 Å². The number of hydrogen-bond donors (Lipinski definition) is 2. The number of amides is 2. The molecule has 2 N–H and O–H groups in total. The number of piperidine rings is 1. The molecule has 0 radical (unpaired) electrons. The Hall–Kier alpha value is -2.00. The first-order valence-corrected chi connectivity index (χ1v) is 10.6. The van der Waals surface area contributed by atoms with Crippen molar-refractivity contribution in [1.29, 1.82) is 0 Å². The maximum Gasteiger partial charge on any atom is 0.237 e. The van der Waals surface area contributed by atoms with Gasteiger partial charge in [0, 0.05) is 26.2 Å². The summed E-state index contributed by atoms with van der Waals surface area (Å²) in [5.74, 6) is 0.771. The molecular weight excluding hydrogens is 356 g/mol. The van der Waals surface area contributed by atoms with Crippen LogP contribution in [-0.2, 0) is 26.0 Å². The van der Waals surface area contributed by atoms with Gasteiger partial charge < -0.3 is 10.2 Å². The number of carbonyl (C=O) groups is 2. The molecule has 2 amide bonds.